The van der Waals surface area contributed by atoms with E-state index in [-0.39, 0.29) is 5.38 Å². The lowest BCUT2D eigenvalue weighted by Crippen LogP contribution is -2.08. The van der Waals surface area contributed by atoms with Gasteiger partial charge in [-0.2, -0.15) is 0 Å². The van der Waals surface area contributed by atoms with Gasteiger partial charge < -0.3 is 4.74 Å². The van der Waals surface area contributed by atoms with E-state index in [1.807, 2.05) is 0 Å². The number of alkyl halides is 1. The minimum absolute atomic E-state index is 0.0825. The van der Waals surface area contributed by atoms with Crippen molar-refractivity contribution in [3.63, 3.8) is 0 Å². The van der Waals surface area contributed by atoms with Gasteiger partial charge in [-0.15, -0.1) is 11.6 Å². The maximum Gasteiger partial charge on any atom is 0.0609 e. The summed E-state index contributed by atoms with van der Waals surface area (Å²) in [6.07, 6.45) is 4.82. The number of halogens is 1. The van der Waals surface area contributed by atoms with Gasteiger partial charge in [0.1, 0.15) is 0 Å². The van der Waals surface area contributed by atoms with Crippen LogP contribution in [0.15, 0.2) is 24.3 Å². The predicted molar refractivity (Wildman–Crippen MR) is 77.3 cm³/mol. The van der Waals surface area contributed by atoms with E-state index in [2.05, 4.69) is 38.1 Å². The first kappa shape index (κ1) is 13.9. The van der Waals surface area contributed by atoms with Gasteiger partial charge >= 0.3 is 0 Å². The molecule has 1 heterocycles. The third-order valence-electron chi connectivity index (χ3n) is 3.97. The molecule has 2 heteroatoms. The lowest BCUT2D eigenvalue weighted by molar-refractivity contribution is 0.103. The molecule has 0 amide bonds. The average molecular weight is 267 g/mol. The minimum Gasteiger partial charge on any atom is -0.378 e. The number of benzene rings is 1. The van der Waals surface area contributed by atoms with Crippen molar-refractivity contribution >= 4 is 11.6 Å². The molecule has 0 saturated carbocycles. The van der Waals surface area contributed by atoms with Gasteiger partial charge in [0, 0.05) is 6.61 Å². The normalized spacial score (nSPS) is 22.9. The highest BCUT2D eigenvalue weighted by atomic mass is 35.5. The van der Waals surface area contributed by atoms with Crippen LogP contribution in [0, 0.1) is 0 Å². The minimum atomic E-state index is 0.0825. The van der Waals surface area contributed by atoms with E-state index in [9.17, 15) is 0 Å². The van der Waals surface area contributed by atoms with Crippen LogP contribution in [0.25, 0.3) is 0 Å². The van der Waals surface area contributed by atoms with Gasteiger partial charge in [0.2, 0.25) is 0 Å². The molecule has 0 aromatic heterocycles. The van der Waals surface area contributed by atoms with Gasteiger partial charge in [-0.05, 0) is 42.7 Å². The third-order valence-corrected chi connectivity index (χ3v) is 4.40. The molecule has 0 radical (unpaired) electrons. The predicted octanol–water partition coefficient (Wildman–Crippen LogP) is 5.05. The van der Waals surface area contributed by atoms with Crippen molar-refractivity contribution in [3.05, 3.63) is 35.4 Å². The Morgan fingerprint density at radius 2 is 1.94 bits per heavy atom. The quantitative estimate of drug-likeness (QED) is 0.678. The smallest absolute Gasteiger partial charge is 0.0609 e. The molecule has 18 heavy (non-hydrogen) atoms. The highest BCUT2D eigenvalue weighted by Gasteiger charge is 2.20. The molecule has 0 aliphatic carbocycles. The van der Waals surface area contributed by atoms with Gasteiger partial charge in [-0.1, -0.05) is 38.1 Å². The molecule has 1 fully saturated rings. The first-order chi connectivity index (χ1) is 8.70. The third kappa shape index (κ3) is 3.49. The van der Waals surface area contributed by atoms with Crippen molar-refractivity contribution in [2.45, 2.75) is 56.9 Å². The van der Waals surface area contributed by atoms with E-state index in [1.54, 1.807) is 0 Å². The molecule has 0 N–H and O–H groups in total. The largest absolute Gasteiger partial charge is 0.378 e. The zero-order chi connectivity index (χ0) is 13.0. The van der Waals surface area contributed by atoms with Crippen molar-refractivity contribution in [1.82, 2.24) is 0 Å². The Labute approximate surface area is 115 Å². The summed E-state index contributed by atoms with van der Waals surface area (Å²) in [6, 6.07) is 8.78. The van der Waals surface area contributed by atoms with Crippen LogP contribution in [-0.2, 0) is 4.74 Å². The zero-order valence-corrected chi connectivity index (χ0v) is 12.1. The Balaban J connectivity index is 1.95. The van der Waals surface area contributed by atoms with Crippen LogP contribution in [0.1, 0.15) is 62.0 Å². The van der Waals surface area contributed by atoms with Gasteiger partial charge in [-0.3, -0.25) is 0 Å². The Hall–Kier alpha value is -0.530. The Kier molecular flexibility index (Phi) is 5.08. The number of hydrogen-bond donors (Lipinski definition) is 0. The van der Waals surface area contributed by atoms with Crippen LogP contribution < -0.4 is 0 Å². The summed E-state index contributed by atoms with van der Waals surface area (Å²) in [6.45, 7) is 5.39. The molecule has 3 atom stereocenters. The van der Waals surface area contributed by atoms with E-state index >= 15 is 0 Å². The molecule has 100 valence electrons. The Morgan fingerprint density at radius 3 is 2.50 bits per heavy atom. The summed E-state index contributed by atoms with van der Waals surface area (Å²) in [7, 11) is 0. The van der Waals surface area contributed by atoms with Crippen molar-refractivity contribution < 1.29 is 4.74 Å². The lowest BCUT2D eigenvalue weighted by Gasteiger charge is -2.16. The van der Waals surface area contributed by atoms with E-state index < -0.39 is 0 Å². The van der Waals surface area contributed by atoms with Crippen molar-refractivity contribution in [2.24, 2.45) is 0 Å². The SMILES string of the molecule is CCC(C)c1ccc(C(Cl)CC2CCCO2)cc1. The summed E-state index contributed by atoms with van der Waals surface area (Å²) in [4.78, 5) is 0. The first-order valence-electron chi connectivity index (χ1n) is 7.06. The van der Waals surface area contributed by atoms with Gasteiger partial charge in [0.25, 0.3) is 0 Å². The molecule has 0 spiro atoms. The number of ether oxygens (including phenoxy) is 1. The Bertz CT molecular complexity index is 354. The highest BCUT2D eigenvalue weighted by Crippen LogP contribution is 2.31. The Morgan fingerprint density at radius 1 is 1.28 bits per heavy atom. The van der Waals surface area contributed by atoms with Crippen molar-refractivity contribution in [3.8, 4) is 0 Å². The molecular formula is C16H23ClO. The summed E-state index contributed by atoms with van der Waals surface area (Å²) < 4.78 is 5.64. The van der Waals surface area contributed by atoms with E-state index in [4.69, 9.17) is 16.3 Å². The lowest BCUT2D eigenvalue weighted by atomic mass is 9.96. The molecule has 1 aromatic rings. The fraction of sp³-hybridized carbons (Fsp3) is 0.625. The second-order valence-electron chi connectivity index (χ2n) is 5.31. The van der Waals surface area contributed by atoms with Crippen molar-refractivity contribution in [1.29, 1.82) is 0 Å². The van der Waals surface area contributed by atoms with Crippen LogP contribution in [0.5, 0.6) is 0 Å². The molecular weight excluding hydrogens is 244 g/mol. The second kappa shape index (κ2) is 6.58. The van der Waals surface area contributed by atoms with Crippen molar-refractivity contribution in [2.75, 3.05) is 6.61 Å². The molecule has 1 nitrogen and oxygen atoms in total. The molecule has 1 aromatic carbocycles. The monoisotopic (exact) mass is 266 g/mol. The summed E-state index contributed by atoms with van der Waals surface area (Å²) in [5.41, 5.74) is 2.63. The fourth-order valence-corrected chi connectivity index (χ4v) is 2.81. The van der Waals surface area contributed by atoms with Gasteiger partial charge in [0.15, 0.2) is 0 Å². The molecule has 0 bridgehead atoms. The van der Waals surface area contributed by atoms with Crippen LogP contribution >= 0.6 is 11.6 Å². The first-order valence-corrected chi connectivity index (χ1v) is 7.50. The van der Waals surface area contributed by atoms with Gasteiger partial charge in [-0.25, -0.2) is 0 Å². The number of rotatable bonds is 5. The average Bonchev–Trinajstić information content (AvgIpc) is 2.91. The summed E-state index contributed by atoms with van der Waals surface area (Å²) in [5.74, 6) is 0.631. The maximum atomic E-state index is 6.47. The molecule has 1 aliphatic rings. The summed E-state index contributed by atoms with van der Waals surface area (Å²) in [5, 5.41) is 0.0825. The number of hydrogen-bond acceptors (Lipinski definition) is 1. The van der Waals surface area contributed by atoms with E-state index in [0.29, 0.717) is 12.0 Å². The van der Waals surface area contributed by atoms with E-state index in [1.165, 1.54) is 24.0 Å². The van der Waals surface area contributed by atoms with Crippen LogP contribution in [-0.4, -0.2) is 12.7 Å². The second-order valence-corrected chi connectivity index (χ2v) is 5.84. The molecule has 3 unspecified atom stereocenters. The van der Waals surface area contributed by atoms with Crippen LogP contribution in [0.3, 0.4) is 0 Å². The molecule has 1 aliphatic heterocycles. The van der Waals surface area contributed by atoms with Crippen LogP contribution in [0.4, 0.5) is 0 Å². The maximum absolute atomic E-state index is 6.47. The van der Waals surface area contributed by atoms with Gasteiger partial charge in [0.05, 0.1) is 11.5 Å². The topological polar surface area (TPSA) is 9.23 Å². The highest BCUT2D eigenvalue weighted by molar-refractivity contribution is 6.20. The zero-order valence-electron chi connectivity index (χ0n) is 11.4. The molecule has 2 rings (SSSR count). The van der Waals surface area contributed by atoms with Crippen LogP contribution in [0.2, 0.25) is 0 Å². The fourth-order valence-electron chi connectivity index (χ4n) is 2.47. The molecule has 1 saturated heterocycles. The summed E-state index contributed by atoms with van der Waals surface area (Å²) >= 11 is 6.47. The van der Waals surface area contributed by atoms with E-state index in [0.717, 1.165) is 19.4 Å². The standard InChI is InChI=1S/C16H23ClO/c1-3-12(2)13-6-8-14(9-7-13)16(17)11-15-5-4-10-18-15/h6-9,12,15-16H,3-5,10-11H2,1-2H3.